The fourth-order valence-corrected chi connectivity index (χ4v) is 3.40. The Morgan fingerprint density at radius 2 is 2.13 bits per heavy atom. The minimum Gasteiger partial charge on any atom is -0.478 e. The molecule has 0 bridgehead atoms. The average Bonchev–Trinajstić information content (AvgIpc) is 3.10. The van der Waals surface area contributed by atoms with E-state index in [-0.39, 0.29) is 24.0 Å². The average molecular weight is 331 g/mol. The van der Waals surface area contributed by atoms with Gasteiger partial charge in [-0.25, -0.2) is 4.79 Å². The molecule has 1 aliphatic rings. The van der Waals surface area contributed by atoms with Gasteiger partial charge in [-0.15, -0.1) is 0 Å². The molecule has 3 rings (SSSR count). The summed E-state index contributed by atoms with van der Waals surface area (Å²) in [6.07, 6.45) is -0.00702. The summed E-state index contributed by atoms with van der Waals surface area (Å²) in [4.78, 5) is 25.5. The van der Waals surface area contributed by atoms with Crippen molar-refractivity contribution >= 4 is 23.2 Å². The van der Waals surface area contributed by atoms with Crippen molar-refractivity contribution in [2.24, 2.45) is 0 Å². The summed E-state index contributed by atoms with van der Waals surface area (Å²) >= 11 is 1.60. The van der Waals surface area contributed by atoms with E-state index in [0.29, 0.717) is 25.3 Å². The van der Waals surface area contributed by atoms with E-state index in [0.717, 1.165) is 5.56 Å². The molecule has 1 atom stereocenters. The highest BCUT2D eigenvalue weighted by Gasteiger charge is 2.26. The molecule has 1 amide bonds. The molecular weight excluding hydrogens is 314 g/mol. The van der Waals surface area contributed by atoms with Crippen LogP contribution in [-0.4, -0.2) is 41.6 Å². The number of carbonyl (C=O) groups excluding carboxylic acids is 1. The summed E-state index contributed by atoms with van der Waals surface area (Å²) in [6.45, 7) is 1.53. The number of amides is 1. The van der Waals surface area contributed by atoms with Gasteiger partial charge in [-0.05, 0) is 34.0 Å². The molecule has 1 aliphatic heterocycles. The molecule has 0 aliphatic carbocycles. The number of benzene rings is 1. The number of hydrogen-bond donors (Lipinski definition) is 1. The standard InChI is InChI=1S/C17H17NO4S/c19-16(9-12-3-1-2-4-14(12)17(20)21)18-6-7-22-15(10-18)13-5-8-23-11-13/h1-5,8,11,15H,6-7,9-10H2,(H,20,21). The van der Waals surface area contributed by atoms with Gasteiger partial charge in [0, 0.05) is 6.54 Å². The van der Waals surface area contributed by atoms with Crippen LogP contribution < -0.4 is 0 Å². The molecule has 0 spiro atoms. The van der Waals surface area contributed by atoms with Crippen molar-refractivity contribution in [2.75, 3.05) is 19.7 Å². The zero-order valence-electron chi connectivity index (χ0n) is 12.5. The van der Waals surface area contributed by atoms with E-state index >= 15 is 0 Å². The fourth-order valence-electron chi connectivity index (χ4n) is 2.69. The Balaban J connectivity index is 1.70. The Kier molecular flexibility index (Phi) is 4.73. The van der Waals surface area contributed by atoms with Gasteiger partial charge >= 0.3 is 5.97 Å². The lowest BCUT2D eigenvalue weighted by Gasteiger charge is -2.33. The quantitative estimate of drug-likeness (QED) is 0.935. The second-order valence-corrected chi connectivity index (χ2v) is 6.17. The van der Waals surface area contributed by atoms with Crippen molar-refractivity contribution in [3.05, 3.63) is 57.8 Å². The zero-order valence-corrected chi connectivity index (χ0v) is 13.3. The van der Waals surface area contributed by atoms with Crippen molar-refractivity contribution in [3.8, 4) is 0 Å². The molecule has 1 saturated heterocycles. The number of hydrogen-bond acceptors (Lipinski definition) is 4. The summed E-state index contributed by atoms with van der Waals surface area (Å²) in [7, 11) is 0. The van der Waals surface area contributed by atoms with Crippen LogP contribution in [0.15, 0.2) is 41.1 Å². The fraction of sp³-hybridized carbons (Fsp3) is 0.294. The monoisotopic (exact) mass is 331 g/mol. The highest BCUT2D eigenvalue weighted by molar-refractivity contribution is 7.07. The first-order chi connectivity index (χ1) is 11.1. The normalized spacial score (nSPS) is 17.9. The van der Waals surface area contributed by atoms with Gasteiger partial charge in [0.05, 0.1) is 25.1 Å². The number of aromatic carboxylic acids is 1. The molecule has 1 unspecified atom stereocenters. The Morgan fingerprint density at radius 3 is 2.87 bits per heavy atom. The van der Waals surface area contributed by atoms with Gasteiger partial charge < -0.3 is 14.7 Å². The Labute approximate surface area is 138 Å². The van der Waals surface area contributed by atoms with Crippen molar-refractivity contribution in [2.45, 2.75) is 12.5 Å². The van der Waals surface area contributed by atoms with E-state index in [4.69, 9.17) is 4.74 Å². The van der Waals surface area contributed by atoms with Gasteiger partial charge in [-0.3, -0.25) is 4.79 Å². The van der Waals surface area contributed by atoms with Crippen LogP contribution in [0, 0.1) is 0 Å². The molecule has 0 radical (unpaired) electrons. The second kappa shape index (κ2) is 6.93. The maximum Gasteiger partial charge on any atom is 0.335 e. The van der Waals surface area contributed by atoms with Crippen LogP contribution in [0.25, 0.3) is 0 Å². The molecule has 1 N–H and O–H groups in total. The van der Waals surface area contributed by atoms with E-state index in [2.05, 4.69) is 0 Å². The molecule has 120 valence electrons. The van der Waals surface area contributed by atoms with Gasteiger partial charge in [-0.1, -0.05) is 18.2 Å². The van der Waals surface area contributed by atoms with Gasteiger partial charge in [-0.2, -0.15) is 11.3 Å². The Hall–Kier alpha value is -2.18. The first kappa shape index (κ1) is 15.7. The summed E-state index contributed by atoms with van der Waals surface area (Å²) in [5.74, 6) is -1.08. The van der Waals surface area contributed by atoms with Crippen LogP contribution in [0.4, 0.5) is 0 Å². The van der Waals surface area contributed by atoms with E-state index in [1.54, 1.807) is 34.4 Å². The molecule has 5 nitrogen and oxygen atoms in total. The first-order valence-corrected chi connectivity index (χ1v) is 8.32. The summed E-state index contributed by atoms with van der Waals surface area (Å²) in [6, 6.07) is 8.64. The number of carboxylic acids is 1. The molecule has 6 heteroatoms. The van der Waals surface area contributed by atoms with Crippen LogP contribution in [0.2, 0.25) is 0 Å². The van der Waals surface area contributed by atoms with Crippen LogP contribution >= 0.6 is 11.3 Å². The first-order valence-electron chi connectivity index (χ1n) is 7.38. The Morgan fingerprint density at radius 1 is 1.30 bits per heavy atom. The lowest BCUT2D eigenvalue weighted by molar-refractivity contribution is -0.138. The van der Waals surface area contributed by atoms with E-state index in [9.17, 15) is 14.7 Å². The topological polar surface area (TPSA) is 66.8 Å². The van der Waals surface area contributed by atoms with E-state index < -0.39 is 5.97 Å². The number of morpholine rings is 1. The van der Waals surface area contributed by atoms with Crippen LogP contribution in [0.1, 0.15) is 27.6 Å². The third-order valence-electron chi connectivity index (χ3n) is 3.92. The molecule has 1 aromatic carbocycles. The van der Waals surface area contributed by atoms with Crippen LogP contribution in [0.3, 0.4) is 0 Å². The SMILES string of the molecule is O=C(O)c1ccccc1CC(=O)N1CCOC(c2ccsc2)C1. The van der Waals surface area contributed by atoms with Crippen molar-refractivity contribution < 1.29 is 19.4 Å². The van der Waals surface area contributed by atoms with Gasteiger partial charge in [0.1, 0.15) is 6.10 Å². The number of carboxylic acid groups (broad SMARTS) is 1. The third-order valence-corrected chi connectivity index (χ3v) is 4.63. The lowest BCUT2D eigenvalue weighted by Crippen LogP contribution is -2.43. The van der Waals surface area contributed by atoms with Gasteiger partial charge in [0.25, 0.3) is 0 Å². The molecule has 1 aromatic heterocycles. The number of carbonyl (C=O) groups is 2. The highest BCUT2D eigenvalue weighted by atomic mass is 32.1. The van der Waals surface area contributed by atoms with Gasteiger partial charge in [0.2, 0.25) is 5.91 Å². The van der Waals surface area contributed by atoms with E-state index in [1.165, 1.54) is 6.07 Å². The van der Waals surface area contributed by atoms with Crippen molar-refractivity contribution in [3.63, 3.8) is 0 Å². The number of nitrogens with zero attached hydrogens (tertiary/aromatic N) is 1. The molecule has 2 heterocycles. The second-order valence-electron chi connectivity index (χ2n) is 5.39. The summed E-state index contributed by atoms with van der Waals surface area (Å²) < 4.78 is 5.73. The Bertz CT molecular complexity index is 698. The minimum absolute atomic E-state index is 0.0674. The molecular formula is C17H17NO4S. The summed E-state index contributed by atoms with van der Waals surface area (Å²) in [5.41, 5.74) is 1.81. The number of thiophene rings is 1. The molecule has 23 heavy (non-hydrogen) atoms. The minimum atomic E-state index is -1.01. The maximum atomic E-state index is 12.5. The maximum absolute atomic E-state index is 12.5. The summed E-state index contributed by atoms with van der Waals surface area (Å²) in [5, 5.41) is 13.2. The molecule has 0 saturated carbocycles. The van der Waals surface area contributed by atoms with Crippen LogP contribution in [-0.2, 0) is 16.0 Å². The van der Waals surface area contributed by atoms with Crippen molar-refractivity contribution in [1.82, 2.24) is 4.90 Å². The van der Waals surface area contributed by atoms with Crippen LogP contribution in [0.5, 0.6) is 0 Å². The molecule has 2 aromatic rings. The smallest absolute Gasteiger partial charge is 0.335 e. The largest absolute Gasteiger partial charge is 0.478 e. The number of rotatable bonds is 4. The van der Waals surface area contributed by atoms with Gasteiger partial charge in [0.15, 0.2) is 0 Å². The van der Waals surface area contributed by atoms with E-state index in [1.807, 2.05) is 16.8 Å². The zero-order chi connectivity index (χ0) is 16.2. The third kappa shape index (κ3) is 3.60. The predicted octanol–water partition coefficient (Wildman–Crippen LogP) is 2.59. The highest BCUT2D eigenvalue weighted by Crippen LogP contribution is 2.24. The predicted molar refractivity (Wildman–Crippen MR) is 86.7 cm³/mol. The molecule has 1 fully saturated rings. The number of ether oxygens (including phenoxy) is 1. The lowest BCUT2D eigenvalue weighted by atomic mass is 10.0. The van der Waals surface area contributed by atoms with Crippen molar-refractivity contribution in [1.29, 1.82) is 0 Å².